The first kappa shape index (κ1) is 19.6. The van der Waals surface area contributed by atoms with Crippen molar-refractivity contribution >= 4 is 27.6 Å². The zero-order valence-electron chi connectivity index (χ0n) is 13.7. The van der Waals surface area contributed by atoms with Crippen molar-refractivity contribution in [3.8, 4) is 5.75 Å². The summed E-state index contributed by atoms with van der Waals surface area (Å²) in [5, 5.41) is 17.9. The molecule has 0 unspecified atom stereocenters. The maximum atomic E-state index is 12.1. The lowest BCUT2D eigenvalue weighted by atomic mass is 10.2. The van der Waals surface area contributed by atoms with E-state index < -0.39 is 38.7 Å². The fourth-order valence-corrected chi connectivity index (χ4v) is 2.91. The quantitative estimate of drug-likeness (QED) is 0.260. The molecule has 0 aliphatic carbocycles. The Hall–Kier alpha value is -2.73. The van der Waals surface area contributed by atoms with Crippen LogP contribution in [0.15, 0.2) is 24.3 Å². The highest BCUT2D eigenvalue weighted by Gasteiger charge is 2.37. The van der Waals surface area contributed by atoms with Crippen LogP contribution in [0.2, 0.25) is 0 Å². The maximum absolute atomic E-state index is 12.1. The summed E-state index contributed by atoms with van der Waals surface area (Å²) in [4.78, 5) is 34.9. The molecule has 0 spiro atoms. The standard InChI is InChI=1S/C14H18N4O7S/c15-26(23,24)9-6-12-13(19)17(14(20)16-12)7-1-8-25-11-4-2-10(3-5-11)18(21)22/h2-5,12H,1,6-9H2,(H,16,20)(H2,15,23,24)/t12-/m0/s1. The Bertz CT molecular complexity index is 794. The van der Waals surface area contributed by atoms with Gasteiger partial charge in [0.05, 0.1) is 17.3 Å². The van der Waals surface area contributed by atoms with Gasteiger partial charge < -0.3 is 10.1 Å². The van der Waals surface area contributed by atoms with E-state index in [1.54, 1.807) is 0 Å². The van der Waals surface area contributed by atoms with E-state index in [-0.39, 0.29) is 25.3 Å². The number of rotatable bonds is 9. The van der Waals surface area contributed by atoms with Crippen LogP contribution in [0.5, 0.6) is 5.75 Å². The third-order valence-electron chi connectivity index (χ3n) is 3.64. The number of non-ortho nitro benzene ring substituents is 1. The van der Waals surface area contributed by atoms with Gasteiger partial charge in [-0.15, -0.1) is 0 Å². The topological polar surface area (TPSA) is 162 Å². The number of ether oxygens (including phenoxy) is 1. The monoisotopic (exact) mass is 386 g/mol. The Morgan fingerprint density at radius 2 is 1.92 bits per heavy atom. The minimum absolute atomic E-state index is 0.0535. The second-order valence-corrected chi connectivity index (χ2v) is 7.33. The van der Waals surface area contributed by atoms with Crippen LogP contribution in [0, 0.1) is 10.1 Å². The molecule has 2 rings (SSSR count). The van der Waals surface area contributed by atoms with Gasteiger partial charge in [0.15, 0.2) is 0 Å². The summed E-state index contributed by atoms with van der Waals surface area (Å²) in [6.07, 6.45) is 0.261. The van der Waals surface area contributed by atoms with Crippen LogP contribution in [0.4, 0.5) is 10.5 Å². The molecule has 142 valence electrons. The van der Waals surface area contributed by atoms with Gasteiger partial charge in [0.2, 0.25) is 10.0 Å². The number of hydrogen-bond acceptors (Lipinski definition) is 7. The highest BCUT2D eigenvalue weighted by Crippen LogP contribution is 2.17. The minimum Gasteiger partial charge on any atom is -0.494 e. The minimum atomic E-state index is -3.71. The summed E-state index contributed by atoms with van der Waals surface area (Å²) in [6.45, 7) is 0.292. The van der Waals surface area contributed by atoms with E-state index in [0.29, 0.717) is 12.2 Å². The number of nitrogens with two attached hydrogens (primary N) is 1. The second-order valence-electron chi connectivity index (χ2n) is 5.60. The smallest absolute Gasteiger partial charge is 0.324 e. The molecule has 3 N–H and O–H groups in total. The fourth-order valence-electron chi connectivity index (χ4n) is 2.34. The molecule has 0 aromatic heterocycles. The molecule has 1 aromatic rings. The molecule has 11 nitrogen and oxygen atoms in total. The first-order valence-corrected chi connectivity index (χ1v) is 9.38. The van der Waals surface area contributed by atoms with E-state index in [4.69, 9.17) is 9.88 Å². The number of amides is 3. The molecule has 1 heterocycles. The number of carbonyl (C=O) groups is 2. The lowest BCUT2D eigenvalue weighted by Crippen LogP contribution is -2.34. The van der Waals surface area contributed by atoms with E-state index in [0.717, 1.165) is 4.90 Å². The molecule has 3 amide bonds. The Labute approximate surface area is 149 Å². The van der Waals surface area contributed by atoms with Gasteiger partial charge >= 0.3 is 6.03 Å². The molecule has 1 fully saturated rings. The van der Waals surface area contributed by atoms with Gasteiger partial charge in [0, 0.05) is 18.7 Å². The molecule has 26 heavy (non-hydrogen) atoms. The molecule has 12 heteroatoms. The summed E-state index contributed by atoms with van der Waals surface area (Å²) < 4.78 is 27.3. The largest absolute Gasteiger partial charge is 0.494 e. The number of urea groups is 1. The molecule has 1 aliphatic heterocycles. The lowest BCUT2D eigenvalue weighted by molar-refractivity contribution is -0.384. The molecular formula is C14H18N4O7S. The third kappa shape index (κ3) is 5.39. The van der Waals surface area contributed by atoms with Gasteiger partial charge in [0.25, 0.3) is 11.6 Å². The van der Waals surface area contributed by atoms with Gasteiger partial charge in [-0.3, -0.25) is 19.8 Å². The highest BCUT2D eigenvalue weighted by molar-refractivity contribution is 7.89. The Morgan fingerprint density at radius 3 is 2.50 bits per heavy atom. The Balaban J connectivity index is 1.77. The SMILES string of the molecule is NS(=O)(=O)CC[C@@H]1NC(=O)N(CCCOc2ccc([N+](=O)[O-])cc2)C1=O. The van der Waals surface area contributed by atoms with E-state index in [1.165, 1.54) is 24.3 Å². The summed E-state index contributed by atoms with van der Waals surface area (Å²) in [6, 6.07) is 4.02. The molecule has 0 bridgehead atoms. The van der Waals surface area contributed by atoms with Crippen LogP contribution in [-0.2, 0) is 14.8 Å². The number of nitro benzene ring substituents is 1. The van der Waals surface area contributed by atoms with Gasteiger partial charge in [-0.1, -0.05) is 0 Å². The molecule has 0 saturated carbocycles. The van der Waals surface area contributed by atoms with Crippen LogP contribution in [-0.4, -0.2) is 55.1 Å². The summed E-state index contributed by atoms with van der Waals surface area (Å²) in [5.41, 5.74) is -0.0535. The Morgan fingerprint density at radius 1 is 1.27 bits per heavy atom. The molecule has 0 radical (unpaired) electrons. The van der Waals surface area contributed by atoms with Gasteiger partial charge in [0.1, 0.15) is 11.8 Å². The average Bonchev–Trinajstić information content (AvgIpc) is 2.83. The van der Waals surface area contributed by atoms with Crippen LogP contribution >= 0.6 is 0 Å². The second kappa shape index (κ2) is 8.10. The third-order valence-corrected chi connectivity index (χ3v) is 4.45. The van der Waals surface area contributed by atoms with Crippen molar-refractivity contribution in [3.63, 3.8) is 0 Å². The van der Waals surface area contributed by atoms with Crippen molar-refractivity contribution in [2.45, 2.75) is 18.9 Å². The lowest BCUT2D eigenvalue weighted by Gasteiger charge is -2.13. The fraction of sp³-hybridized carbons (Fsp3) is 0.429. The van der Waals surface area contributed by atoms with Crippen molar-refractivity contribution in [3.05, 3.63) is 34.4 Å². The number of benzene rings is 1. The summed E-state index contributed by atoms with van der Waals surface area (Å²) in [7, 11) is -3.71. The number of imide groups is 1. The van der Waals surface area contributed by atoms with Gasteiger partial charge in [-0.05, 0) is 25.0 Å². The zero-order valence-corrected chi connectivity index (χ0v) is 14.5. The first-order valence-electron chi connectivity index (χ1n) is 7.67. The van der Waals surface area contributed by atoms with Crippen molar-refractivity contribution in [1.82, 2.24) is 10.2 Å². The number of sulfonamides is 1. The Kier molecular flexibility index (Phi) is 6.10. The first-order chi connectivity index (χ1) is 12.2. The summed E-state index contributed by atoms with van der Waals surface area (Å²) in [5.74, 6) is -0.478. The van der Waals surface area contributed by atoms with Gasteiger partial charge in [-0.25, -0.2) is 18.4 Å². The number of carbonyl (C=O) groups excluding carboxylic acids is 2. The maximum Gasteiger partial charge on any atom is 0.324 e. The van der Waals surface area contributed by atoms with E-state index in [9.17, 15) is 28.1 Å². The van der Waals surface area contributed by atoms with Crippen molar-refractivity contribution in [2.24, 2.45) is 5.14 Å². The molecule has 1 saturated heterocycles. The predicted octanol–water partition coefficient (Wildman–Crippen LogP) is -0.0373. The molecule has 1 aliphatic rings. The van der Waals surface area contributed by atoms with Crippen LogP contribution in [0.25, 0.3) is 0 Å². The van der Waals surface area contributed by atoms with Crippen LogP contribution < -0.4 is 15.2 Å². The normalized spacial score (nSPS) is 17.3. The van der Waals surface area contributed by atoms with E-state index in [1.807, 2.05) is 0 Å². The predicted molar refractivity (Wildman–Crippen MR) is 89.8 cm³/mol. The number of nitro groups is 1. The van der Waals surface area contributed by atoms with E-state index >= 15 is 0 Å². The number of primary sulfonamides is 1. The zero-order chi connectivity index (χ0) is 19.3. The molecule has 1 atom stereocenters. The van der Waals surface area contributed by atoms with Gasteiger partial charge in [-0.2, -0.15) is 0 Å². The number of nitrogens with one attached hydrogen (secondary N) is 1. The van der Waals surface area contributed by atoms with E-state index in [2.05, 4.69) is 5.32 Å². The van der Waals surface area contributed by atoms with Crippen molar-refractivity contribution in [1.29, 1.82) is 0 Å². The summed E-state index contributed by atoms with van der Waals surface area (Å²) >= 11 is 0. The van der Waals surface area contributed by atoms with Crippen molar-refractivity contribution in [2.75, 3.05) is 18.9 Å². The molecule has 1 aromatic carbocycles. The number of nitrogens with zero attached hydrogens (tertiary/aromatic N) is 2. The number of hydrogen-bond donors (Lipinski definition) is 2. The highest BCUT2D eigenvalue weighted by atomic mass is 32.2. The molecular weight excluding hydrogens is 368 g/mol. The van der Waals surface area contributed by atoms with Crippen LogP contribution in [0.1, 0.15) is 12.8 Å². The average molecular weight is 386 g/mol. The van der Waals surface area contributed by atoms with Crippen molar-refractivity contribution < 1.29 is 27.7 Å². The van der Waals surface area contributed by atoms with Crippen LogP contribution in [0.3, 0.4) is 0 Å².